The van der Waals surface area contributed by atoms with Gasteiger partial charge in [-0.2, -0.15) is 5.10 Å². The number of benzene rings is 1. The highest BCUT2D eigenvalue weighted by Crippen LogP contribution is 2.32. The van der Waals surface area contributed by atoms with Crippen molar-refractivity contribution in [1.82, 2.24) is 19.3 Å². The molecule has 0 aliphatic carbocycles. The zero-order valence-corrected chi connectivity index (χ0v) is 16.7. The molecule has 0 unspecified atom stereocenters. The first-order valence-electron chi connectivity index (χ1n) is 8.89. The van der Waals surface area contributed by atoms with Crippen LogP contribution in [0.4, 0.5) is 4.39 Å². The summed E-state index contributed by atoms with van der Waals surface area (Å²) in [6.45, 7) is 1.99. The number of fused-ring (bicyclic) bond motifs is 2. The summed E-state index contributed by atoms with van der Waals surface area (Å²) >= 11 is 12.5. The molecular formula is C17H16BCl2FN4O4. The van der Waals surface area contributed by atoms with Gasteiger partial charge in [0.15, 0.2) is 6.04 Å². The standard InChI is InChI=1S/C17H16BCl2FN4O4/c1-2-29-17(26)16(15-12-3-8(21)5-24(12)7-22-15)25-6-9-11(19)4-10(18(27)28)13(20)14(9)23-25/h4,6-8,16,27-28H,2-3,5H2,1H3/t8-,16-/m1/s1. The molecule has 2 aromatic heterocycles. The molecule has 1 aliphatic heterocycles. The van der Waals surface area contributed by atoms with E-state index in [2.05, 4.69) is 10.1 Å². The fourth-order valence-electron chi connectivity index (χ4n) is 3.55. The number of rotatable bonds is 5. The molecule has 29 heavy (non-hydrogen) atoms. The average Bonchev–Trinajstić information content (AvgIpc) is 3.34. The minimum Gasteiger partial charge on any atom is -0.464 e. The largest absolute Gasteiger partial charge is 0.490 e. The van der Waals surface area contributed by atoms with Crippen molar-refractivity contribution < 1.29 is 24.0 Å². The number of esters is 1. The van der Waals surface area contributed by atoms with Crippen LogP contribution < -0.4 is 5.46 Å². The molecule has 0 bridgehead atoms. The summed E-state index contributed by atoms with van der Waals surface area (Å²) < 4.78 is 22.0. The maximum atomic E-state index is 13.9. The van der Waals surface area contributed by atoms with Crippen LogP contribution in [-0.4, -0.2) is 55.2 Å². The number of halogens is 3. The monoisotopic (exact) mass is 440 g/mol. The van der Waals surface area contributed by atoms with Crippen molar-refractivity contribution in [2.24, 2.45) is 0 Å². The fraction of sp³-hybridized carbons (Fsp3) is 0.353. The van der Waals surface area contributed by atoms with E-state index in [4.69, 9.17) is 27.9 Å². The van der Waals surface area contributed by atoms with Crippen LogP contribution in [0, 0.1) is 0 Å². The van der Waals surface area contributed by atoms with Crippen molar-refractivity contribution in [3.05, 3.63) is 40.0 Å². The molecule has 3 heterocycles. The number of hydrogen-bond donors (Lipinski definition) is 2. The highest BCUT2D eigenvalue weighted by molar-refractivity contribution is 6.64. The number of nitrogens with zero attached hydrogens (tertiary/aromatic N) is 4. The molecule has 0 saturated carbocycles. The lowest BCUT2D eigenvalue weighted by Crippen LogP contribution is -2.31. The Bertz CT molecular complexity index is 1100. The van der Waals surface area contributed by atoms with E-state index in [9.17, 15) is 19.2 Å². The maximum Gasteiger partial charge on any atom is 0.490 e. The number of hydrogen-bond acceptors (Lipinski definition) is 6. The van der Waals surface area contributed by atoms with E-state index in [0.717, 1.165) is 0 Å². The number of imidazole rings is 1. The van der Waals surface area contributed by atoms with Crippen LogP contribution >= 0.6 is 23.2 Å². The van der Waals surface area contributed by atoms with Crippen LogP contribution in [0.1, 0.15) is 24.4 Å². The van der Waals surface area contributed by atoms with Crippen LogP contribution in [0.2, 0.25) is 10.0 Å². The van der Waals surface area contributed by atoms with E-state index in [-0.39, 0.29) is 40.6 Å². The van der Waals surface area contributed by atoms with Gasteiger partial charge in [-0.3, -0.25) is 4.68 Å². The van der Waals surface area contributed by atoms with Crippen LogP contribution in [-0.2, 0) is 22.5 Å². The molecule has 0 saturated heterocycles. The van der Waals surface area contributed by atoms with E-state index in [1.54, 1.807) is 11.5 Å². The Balaban J connectivity index is 1.88. The highest BCUT2D eigenvalue weighted by atomic mass is 35.5. The molecule has 4 rings (SSSR count). The summed E-state index contributed by atoms with van der Waals surface area (Å²) in [5.41, 5.74) is 1.12. The third kappa shape index (κ3) is 3.40. The zero-order chi connectivity index (χ0) is 20.9. The number of aromatic nitrogens is 4. The van der Waals surface area contributed by atoms with Gasteiger partial charge >= 0.3 is 13.1 Å². The molecule has 1 aliphatic rings. The Hall–Kier alpha value is -2.14. The van der Waals surface area contributed by atoms with E-state index in [1.165, 1.54) is 23.3 Å². The van der Waals surface area contributed by atoms with E-state index in [0.29, 0.717) is 16.8 Å². The van der Waals surface area contributed by atoms with Crippen LogP contribution in [0.5, 0.6) is 0 Å². The van der Waals surface area contributed by atoms with Gasteiger partial charge in [0.2, 0.25) is 0 Å². The summed E-state index contributed by atoms with van der Waals surface area (Å²) in [5, 5.41) is 23.9. The van der Waals surface area contributed by atoms with Crippen molar-refractivity contribution in [1.29, 1.82) is 0 Å². The summed E-state index contributed by atoms with van der Waals surface area (Å²) in [7, 11) is -1.84. The molecule has 2 atom stereocenters. The maximum absolute atomic E-state index is 13.9. The lowest BCUT2D eigenvalue weighted by atomic mass is 9.80. The van der Waals surface area contributed by atoms with Gasteiger partial charge in [-0.05, 0) is 13.0 Å². The summed E-state index contributed by atoms with van der Waals surface area (Å²) in [6, 6.07) is 0.253. The minimum absolute atomic E-state index is 0.000324. The lowest BCUT2D eigenvalue weighted by molar-refractivity contribution is -0.146. The van der Waals surface area contributed by atoms with E-state index >= 15 is 0 Å². The van der Waals surface area contributed by atoms with Crippen molar-refractivity contribution in [2.75, 3.05) is 6.61 Å². The van der Waals surface area contributed by atoms with Crippen molar-refractivity contribution in [3.8, 4) is 0 Å². The quantitative estimate of drug-likeness (QED) is 0.457. The second kappa shape index (κ2) is 7.60. The predicted octanol–water partition coefficient (Wildman–Crippen LogP) is 1.27. The SMILES string of the molecule is CCOC(=O)[C@@H](c1ncn2c1C[C@@H](F)C2)n1cc2c(Cl)cc(B(O)O)c(Cl)c2n1. The topological polar surface area (TPSA) is 102 Å². The normalized spacial score (nSPS) is 16.8. The van der Waals surface area contributed by atoms with Crippen LogP contribution in [0.15, 0.2) is 18.6 Å². The van der Waals surface area contributed by atoms with Gasteiger partial charge in [0.1, 0.15) is 11.7 Å². The smallest absolute Gasteiger partial charge is 0.464 e. The lowest BCUT2D eigenvalue weighted by Gasteiger charge is -2.15. The Morgan fingerprint density at radius 3 is 2.93 bits per heavy atom. The predicted molar refractivity (Wildman–Crippen MR) is 105 cm³/mol. The molecule has 152 valence electrons. The van der Waals surface area contributed by atoms with Gasteiger partial charge in [-0.15, -0.1) is 0 Å². The Labute approximate surface area is 174 Å². The first-order valence-corrected chi connectivity index (χ1v) is 9.64. The average molecular weight is 441 g/mol. The van der Waals surface area contributed by atoms with Crippen molar-refractivity contribution in [3.63, 3.8) is 0 Å². The second-order valence-electron chi connectivity index (χ2n) is 6.69. The van der Waals surface area contributed by atoms with E-state index < -0.39 is 25.3 Å². The van der Waals surface area contributed by atoms with Gasteiger partial charge in [-0.25, -0.2) is 14.2 Å². The molecule has 1 aromatic carbocycles. The first kappa shape index (κ1) is 20.2. The van der Waals surface area contributed by atoms with Crippen LogP contribution in [0.3, 0.4) is 0 Å². The third-order valence-electron chi connectivity index (χ3n) is 4.83. The molecule has 2 N–H and O–H groups in total. The molecule has 12 heteroatoms. The molecule has 0 amide bonds. The molecule has 0 fully saturated rings. The Kier molecular flexibility index (Phi) is 5.28. The molecule has 3 aromatic rings. The number of carbonyl (C=O) groups is 1. The number of ether oxygens (including phenoxy) is 1. The van der Waals surface area contributed by atoms with E-state index in [1.807, 2.05) is 0 Å². The zero-order valence-electron chi connectivity index (χ0n) is 15.2. The number of alkyl halides is 1. The van der Waals surface area contributed by atoms with Gasteiger partial charge in [0, 0.05) is 29.2 Å². The second-order valence-corrected chi connectivity index (χ2v) is 7.48. The van der Waals surface area contributed by atoms with Crippen molar-refractivity contribution in [2.45, 2.75) is 32.1 Å². The first-order chi connectivity index (χ1) is 13.8. The Morgan fingerprint density at radius 2 is 2.24 bits per heavy atom. The molecule has 8 nitrogen and oxygen atoms in total. The van der Waals surface area contributed by atoms with Gasteiger partial charge in [0.25, 0.3) is 0 Å². The summed E-state index contributed by atoms with van der Waals surface area (Å²) in [6.07, 6.45) is 2.07. The minimum atomic E-state index is -1.84. The van der Waals surface area contributed by atoms with Crippen molar-refractivity contribution >= 4 is 52.7 Å². The third-order valence-corrected chi connectivity index (χ3v) is 5.54. The van der Waals surface area contributed by atoms with Gasteiger partial charge in [0.05, 0.1) is 35.2 Å². The highest BCUT2D eigenvalue weighted by Gasteiger charge is 2.35. The summed E-state index contributed by atoms with van der Waals surface area (Å²) in [5.74, 6) is -0.612. The summed E-state index contributed by atoms with van der Waals surface area (Å²) in [4.78, 5) is 17.1. The van der Waals surface area contributed by atoms with Crippen LogP contribution in [0.25, 0.3) is 10.9 Å². The number of carbonyl (C=O) groups excluding carboxylic acids is 1. The fourth-order valence-corrected chi connectivity index (χ4v) is 4.10. The van der Waals surface area contributed by atoms with Gasteiger partial charge in [-0.1, -0.05) is 23.2 Å². The van der Waals surface area contributed by atoms with Gasteiger partial charge < -0.3 is 19.4 Å². The molecule has 0 spiro atoms. The molecule has 0 radical (unpaired) electrons. The molecular weight excluding hydrogens is 425 g/mol. The Morgan fingerprint density at radius 1 is 1.48 bits per heavy atom.